The molecule has 70 valence electrons. The lowest BCUT2D eigenvalue weighted by molar-refractivity contribution is 0.350. The van der Waals surface area contributed by atoms with Gasteiger partial charge in [0.25, 0.3) is 0 Å². The van der Waals surface area contributed by atoms with Gasteiger partial charge in [0.15, 0.2) is 0 Å². The summed E-state index contributed by atoms with van der Waals surface area (Å²) in [5.74, 6) is 5.37. The van der Waals surface area contributed by atoms with E-state index in [1.165, 1.54) is 0 Å². The lowest BCUT2D eigenvalue weighted by Crippen LogP contribution is -1.84. The number of aliphatic hydroxyl groups is 1. The topological polar surface area (TPSA) is 37.5 Å². The second-order valence-corrected chi connectivity index (χ2v) is 3.13. The highest BCUT2D eigenvalue weighted by molar-refractivity contribution is 6.30. The van der Waals surface area contributed by atoms with E-state index in [9.17, 15) is 0 Å². The second-order valence-electron chi connectivity index (χ2n) is 2.69. The molecule has 0 aromatic carbocycles. The van der Waals surface area contributed by atoms with Crippen LogP contribution in [0.15, 0.2) is 24.5 Å². The Hall–Kier alpha value is -1.50. The van der Waals surface area contributed by atoms with E-state index in [0.29, 0.717) is 5.02 Å². The Labute approximate surface area is 85.9 Å². The molecular weight excluding hydrogens is 200 g/mol. The van der Waals surface area contributed by atoms with E-state index in [-0.39, 0.29) is 6.61 Å². The van der Waals surface area contributed by atoms with Crippen LogP contribution < -0.4 is 0 Å². The summed E-state index contributed by atoms with van der Waals surface area (Å²) >= 11 is 5.84. The first kappa shape index (κ1) is 9.07. The molecule has 0 unspecified atom stereocenters. The molecule has 0 saturated carbocycles. The summed E-state index contributed by atoms with van der Waals surface area (Å²) in [6.45, 7) is -0.155. The van der Waals surface area contributed by atoms with Gasteiger partial charge >= 0.3 is 0 Å². The van der Waals surface area contributed by atoms with Gasteiger partial charge in [0.2, 0.25) is 0 Å². The average molecular weight is 207 g/mol. The van der Waals surface area contributed by atoms with Gasteiger partial charge in [0.05, 0.1) is 17.3 Å². The molecule has 2 aromatic heterocycles. The van der Waals surface area contributed by atoms with Crippen LogP contribution in [0.5, 0.6) is 0 Å². The number of fused-ring (bicyclic) bond motifs is 1. The number of hydrogen-bond acceptors (Lipinski definition) is 2. The van der Waals surface area contributed by atoms with Crippen LogP contribution in [0.3, 0.4) is 0 Å². The summed E-state index contributed by atoms with van der Waals surface area (Å²) in [7, 11) is 0. The second kappa shape index (κ2) is 3.70. The van der Waals surface area contributed by atoms with E-state index < -0.39 is 0 Å². The number of pyridine rings is 1. The summed E-state index contributed by atoms with van der Waals surface area (Å²) in [5, 5.41) is 13.3. The minimum Gasteiger partial charge on any atom is -0.384 e. The maximum Gasteiger partial charge on any atom is 0.104 e. The Morgan fingerprint density at radius 1 is 1.57 bits per heavy atom. The fourth-order valence-electron chi connectivity index (χ4n) is 1.19. The molecule has 0 amide bonds. The number of rotatable bonds is 0. The molecule has 4 heteroatoms. The molecule has 2 heterocycles. The fraction of sp³-hybridized carbons (Fsp3) is 0.100. The smallest absolute Gasteiger partial charge is 0.104 e. The summed E-state index contributed by atoms with van der Waals surface area (Å²) in [4.78, 5) is 0. The average Bonchev–Trinajstić information content (AvgIpc) is 2.57. The molecule has 0 aliphatic heterocycles. The van der Waals surface area contributed by atoms with Crippen molar-refractivity contribution in [2.24, 2.45) is 0 Å². The van der Waals surface area contributed by atoms with Crippen molar-refractivity contribution in [3.05, 3.63) is 35.1 Å². The van der Waals surface area contributed by atoms with Crippen LogP contribution in [0.25, 0.3) is 5.52 Å². The van der Waals surface area contributed by atoms with Gasteiger partial charge in [0.1, 0.15) is 6.61 Å². The maximum absolute atomic E-state index is 8.56. The van der Waals surface area contributed by atoms with Gasteiger partial charge in [-0.15, -0.1) is 0 Å². The lowest BCUT2D eigenvalue weighted by Gasteiger charge is -1.93. The highest BCUT2D eigenvalue weighted by atomic mass is 35.5. The third-order valence-corrected chi connectivity index (χ3v) is 2.02. The van der Waals surface area contributed by atoms with E-state index in [1.54, 1.807) is 29.0 Å². The van der Waals surface area contributed by atoms with Gasteiger partial charge in [-0.3, -0.25) is 0 Å². The summed E-state index contributed by atoms with van der Waals surface area (Å²) in [6, 6.07) is 3.54. The monoisotopic (exact) mass is 206 g/mol. The van der Waals surface area contributed by atoms with Crippen LogP contribution in [0.1, 0.15) is 5.56 Å². The number of halogens is 1. The largest absolute Gasteiger partial charge is 0.384 e. The van der Waals surface area contributed by atoms with Gasteiger partial charge in [-0.25, -0.2) is 4.52 Å². The Balaban J connectivity index is 2.61. The normalized spacial score (nSPS) is 9.86. The summed E-state index contributed by atoms with van der Waals surface area (Å²) < 4.78 is 1.69. The number of nitrogens with zero attached hydrogens (tertiary/aromatic N) is 2. The SMILES string of the molecule is OCC#Cc1cnn2ccc(Cl)cc12. The highest BCUT2D eigenvalue weighted by Crippen LogP contribution is 2.14. The van der Waals surface area contributed by atoms with Gasteiger partial charge in [-0.2, -0.15) is 5.10 Å². The quantitative estimate of drug-likeness (QED) is 0.661. The maximum atomic E-state index is 8.56. The van der Waals surface area contributed by atoms with E-state index in [0.717, 1.165) is 11.1 Å². The van der Waals surface area contributed by atoms with E-state index in [2.05, 4.69) is 16.9 Å². The molecule has 0 spiro atoms. The van der Waals surface area contributed by atoms with Crippen LogP contribution in [-0.2, 0) is 0 Å². The minimum atomic E-state index is -0.155. The predicted molar refractivity (Wildman–Crippen MR) is 54.2 cm³/mol. The Bertz CT molecular complexity index is 522. The highest BCUT2D eigenvalue weighted by Gasteiger charge is 2.00. The number of hydrogen-bond donors (Lipinski definition) is 1. The van der Waals surface area contributed by atoms with Crippen molar-refractivity contribution in [1.29, 1.82) is 0 Å². The molecule has 0 fully saturated rings. The molecule has 14 heavy (non-hydrogen) atoms. The van der Waals surface area contributed by atoms with Crippen molar-refractivity contribution in [3.63, 3.8) is 0 Å². The molecule has 1 N–H and O–H groups in total. The minimum absolute atomic E-state index is 0.155. The van der Waals surface area contributed by atoms with E-state index in [1.807, 2.05) is 0 Å². The summed E-state index contributed by atoms with van der Waals surface area (Å²) in [5.41, 5.74) is 1.61. The summed E-state index contributed by atoms with van der Waals surface area (Å²) in [6.07, 6.45) is 3.41. The predicted octanol–water partition coefficient (Wildman–Crippen LogP) is 1.33. The van der Waals surface area contributed by atoms with Gasteiger partial charge in [0, 0.05) is 11.2 Å². The number of aromatic nitrogens is 2. The molecule has 3 nitrogen and oxygen atoms in total. The van der Waals surface area contributed by atoms with E-state index in [4.69, 9.17) is 16.7 Å². The molecule has 0 aliphatic rings. The third kappa shape index (κ3) is 1.58. The Morgan fingerprint density at radius 2 is 2.43 bits per heavy atom. The van der Waals surface area contributed by atoms with E-state index >= 15 is 0 Å². The molecule has 0 saturated heterocycles. The fourth-order valence-corrected chi connectivity index (χ4v) is 1.35. The lowest BCUT2D eigenvalue weighted by atomic mass is 10.2. The Kier molecular flexibility index (Phi) is 2.40. The molecule has 2 aromatic rings. The zero-order chi connectivity index (χ0) is 9.97. The van der Waals surface area contributed by atoms with Gasteiger partial charge in [-0.05, 0) is 12.1 Å². The molecule has 0 bridgehead atoms. The van der Waals surface area contributed by atoms with Crippen molar-refractivity contribution in [2.75, 3.05) is 6.61 Å². The van der Waals surface area contributed by atoms with Gasteiger partial charge in [-0.1, -0.05) is 23.4 Å². The van der Waals surface area contributed by atoms with Crippen molar-refractivity contribution >= 4 is 17.1 Å². The Morgan fingerprint density at radius 3 is 3.21 bits per heavy atom. The first-order chi connectivity index (χ1) is 6.81. The van der Waals surface area contributed by atoms with Crippen LogP contribution >= 0.6 is 11.6 Å². The van der Waals surface area contributed by atoms with Crippen LogP contribution in [0, 0.1) is 11.8 Å². The zero-order valence-corrected chi connectivity index (χ0v) is 7.99. The van der Waals surface area contributed by atoms with Crippen LogP contribution in [0.2, 0.25) is 5.02 Å². The third-order valence-electron chi connectivity index (χ3n) is 1.79. The standard InChI is InChI=1S/C10H7ClN2O/c11-9-3-4-13-10(6-9)8(7-12-13)2-1-5-14/h3-4,6-7,14H,5H2. The first-order valence-corrected chi connectivity index (χ1v) is 4.41. The molecule has 0 aliphatic carbocycles. The van der Waals surface area contributed by atoms with Crippen molar-refractivity contribution in [1.82, 2.24) is 9.61 Å². The van der Waals surface area contributed by atoms with Crippen LogP contribution in [0.4, 0.5) is 0 Å². The zero-order valence-electron chi connectivity index (χ0n) is 7.24. The van der Waals surface area contributed by atoms with Crippen LogP contribution in [-0.4, -0.2) is 21.3 Å². The van der Waals surface area contributed by atoms with Crippen molar-refractivity contribution in [2.45, 2.75) is 0 Å². The molecule has 0 radical (unpaired) electrons. The number of aliphatic hydroxyl groups excluding tert-OH is 1. The molecule has 2 rings (SSSR count). The van der Waals surface area contributed by atoms with Crippen molar-refractivity contribution < 1.29 is 5.11 Å². The van der Waals surface area contributed by atoms with Crippen molar-refractivity contribution in [3.8, 4) is 11.8 Å². The molecular formula is C10H7ClN2O. The first-order valence-electron chi connectivity index (χ1n) is 4.04. The van der Waals surface area contributed by atoms with Gasteiger partial charge < -0.3 is 5.11 Å². The molecule has 0 atom stereocenters.